The molecule has 13 heteroatoms. The monoisotopic (exact) mass is 1240 g/mol. The van der Waals surface area contributed by atoms with Gasteiger partial charge in [-0.25, -0.2) is 9.59 Å². The predicted octanol–water partition coefficient (Wildman–Crippen LogP) is 17.8. The molecule has 10 nitrogen and oxygen atoms in total. The van der Waals surface area contributed by atoms with E-state index in [1.165, 1.54) is 48.3 Å². The van der Waals surface area contributed by atoms with E-state index >= 15 is 0 Å². The van der Waals surface area contributed by atoms with Crippen LogP contribution in [0.1, 0.15) is 192 Å². The molecule has 450 valence electrons. The van der Waals surface area contributed by atoms with Crippen LogP contribution in [0, 0.1) is 26.7 Å². The van der Waals surface area contributed by atoms with Crippen molar-refractivity contribution < 1.29 is 47.8 Å². The smallest absolute Gasteiger partial charge is 0.338 e. The lowest BCUT2D eigenvalue weighted by atomic mass is 9.83. The van der Waals surface area contributed by atoms with Gasteiger partial charge >= 0.3 is 11.9 Å². The average molecular weight is 1250 g/mol. The topological polar surface area (TPSA) is 155 Å². The van der Waals surface area contributed by atoms with Crippen LogP contribution in [0.3, 0.4) is 0 Å². The highest BCUT2D eigenvalue weighted by Crippen LogP contribution is 2.42. The highest BCUT2D eigenvalue weighted by molar-refractivity contribution is 8.00. The van der Waals surface area contributed by atoms with Gasteiger partial charge in [-0.15, -0.1) is 0 Å². The van der Waals surface area contributed by atoms with E-state index < -0.39 is 0 Å². The molecule has 0 amide bonds. The van der Waals surface area contributed by atoms with E-state index in [-0.39, 0.29) is 52.7 Å². The summed E-state index contributed by atoms with van der Waals surface area (Å²) >= 11 is 4.38. The Bertz CT molecular complexity index is 4360. The molecule has 4 aliphatic rings. The van der Waals surface area contributed by atoms with Crippen LogP contribution in [0.5, 0.6) is 0 Å². The predicted molar refractivity (Wildman–Crippen MR) is 352 cm³/mol. The molecular formula is C77H64O10S3. The Balaban J connectivity index is 0.000000141. The summed E-state index contributed by atoms with van der Waals surface area (Å²) in [7, 11) is 0. The van der Waals surface area contributed by atoms with Gasteiger partial charge in [0.25, 0.3) is 0 Å². The summed E-state index contributed by atoms with van der Waals surface area (Å²) in [6, 6.07) is 56.3. The van der Waals surface area contributed by atoms with Crippen molar-refractivity contribution in [3.05, 3.63) is 283 Å². The van der Waals surface area contributed by atoms with Gasteiger partial charge in [-0.3, -0.25) is 28.8 Å². The fourth-order valence-electron chi connectivity index (χ4n) is 11.9. The maximum Gasteiger partial charge on any atom is 0.338 e. The largest absolute Gasteiger partial charge is 0.462 e. The van der Waals surface area contributed by atoms with Gasteiger partial charge in [0, 0.05) is 96.1 Å². The van der Waals surface area contributed by atoms with Crippen LogP contribution in [0.2, 0.25) is 0 Å². The average Bonchev–Trinajstić information content (AvgIpc) is 1.11. The quantitative estimate of drug-likeness (QED) is 0.101. The first kappa shape index (κ1) is 62.6. The number of hydrogen-bond donors (Lipinski definition) is 0. The first-order valence-corrected chi connectivity index (χ1v) is 32.7. The van der Waals surface area contributed by atoms with E-state index in [0.717, 1.165) is 72.1 Å². The number of unbranched alkanes of at least 4 members (excludes halogenated alkanes) is 1. The van der Waals surface area contributed by atoms with Crippen molar-refractivity contribution in [1.29, 1.82) is 0 Å². The molecular weight excluding hydrogens is 1180 g/mol. The number of carbonyl (C=O) groups excluding carboxylic acids is 8. The lowest BCUT2D eigenvalue weighted by Crippen LogP contribution is -2.24. The molecule has 0 spiro atoms. The number of hydrogen-bond acceptors (Lipinski definition) is 13. The summed E-state index contributed by atoms with van der Waals surface area (Å²) in [5.74, 6) is -0.525. The Labute approximate surface area is 536 Å². The van der Waals surface area contributed by atoms with Crippen LogP contribution < -0.4 is 0 Å². The number of carbonyl (C=O) groups is 8. The molecule has 9 aromatic carbocycles. The summed E-state index contributed by atoms with van der Waals surface area (Å²) in [5.41, 5.74) is 9.59. The second-order valence-electron chi connectivity index (χ2n) is 22.6. The van der Waals surface area contributed by atoms with Crippen molar-refractivity contribution in [2.45, 2.75) is 115 Å². The van der Waals surface area contributed by atoms with Crippen molar-refractivity contribution in [2.75, 3.05) is 6.61 Å². The molecule has 0 N–H and O–H groups in total. The highest BCUT2D eigenvalue weighted by Gasteiger charge is 2.35. The van der Waals surface area contributed by atoms with Crippen molar-refractivity contribution >= 4 is 81.9 Å². The van der Waals surface area contributed by atoms with Gasteiger partial charge in [-0.2, -0.15) is 0 Å². The summed E-state index contributed by atoms with van der Waals surface area (Å²) in [4.78, 5) is 108. The van der Waals surface area contributed by atoms with Crippen molar-refractivity contribution in [2.24, 2.45) is 5.92 Å². The lowest BCUT2D eigenvalue weighted by molar-refractivity contribution is 0.0160. The van der Waals surface area contributed by atoms with E-state index in [1.54, 1.807) is 134 Å². The van der Waals surface area contributed by atoms with E-state index in [1.807, 2.05) is 87.5 Å². The minimum Gasteiger partial charge on any atom is -0.462 e. The van der Waals surface area contributed by atoms with E-state index in [4.69, 9.17) is 9.47 Å². The zero-order valence-electron chi connectivity index (χ0n) is 50.5. The van der Waals surface area contributed by atoms with Gasteiger partial charge in [0.1, 0.15) is 6.10 Å². The molecule has 0 bridgehead atoms. The molecule has 4 aliphatic carbocycles. The second-order valence-corrected chi connectivity index (χ2v) is 26.0. The van der Waals surface area contributed by atoms with E-state index in [9.17, 15) is 38.4 Å². The molecule has 0 saturated heterocycles. The van der Waals surface area contributed by atoms with E-state index in [2.05, 4.69) is 13.0 Å². The first-order chi connectivity index (χ1) is 43.6. The van der Waals surface area contributed by atoms with Gasteiger partial charge in [-0.1, -0.05) is 182 Å². The molecule has 0 aromatic heterocycles. The summed E-state index contributed by atoms with van der Waals surface area (Å²) in [6.07, 6.45) is 7.98. The third-order valence-corrected chi connectivity index (χ3v) is 19.9. The number of ether oxygens (including phenoxy) is 2. The Morgan fingerprint density at radius 1 is 0.422 bits per heavy atom. The molecule has 1 fully saturated rings. The number of aryl methyl sites for hydroxylation is 3. The second kappa shape index (κ2) is 27.8. The van der Waals surface area contributed by atoms with Gasteiger partial charge in [0.15, 0.2) is 34.7 Å². The van der Waals surface area contributed by atoms with Crippen LogP contribution in [0.15, 0.2) is 217 Å². The minimum atomic E-state index is -0.351. The molecule has 0 heterocycles. The fourth-order valence-corrected chi connectivity index (χ4v) is 15.1. The summed E-state index contributed by atoms with van der Waals surface area (Å²) < 4.78 is 10.9. The van der Waals surface area contributed by atoms with Gasteiger partial charge in [0.2, 0.25) is 0 Å². The number of rotatable bonds is 13. The SMILES string of the molecule is CCCCC1CCC(OC(=O)c2ccc(Sc3cccc4c3C(=O)c3ccccc3C4=O)cc2)CC1.CCOC(=O)c1ccc(Sc2cccc3c2C(=O)c2ccccc2C3=O)cc1C.Cc1cccc(Sc2c(C)ccc3c2C(=O)c2ccccc2C3=O)c1. The van der Waals surface area contributed by atoms with Gasteiger partial charge in [0.05, 0.1) is 17.7 Å². The van der Waals surface area contributed by atoms with Crippen molar-refractivity contribution in [1.82, 2.24) is 0 Å². The van der Waals surface area contributed by atoms with Gasteiger partial charge < -0.3 is 9.47 Å². The maximum atomic E-state index is 13.2. The first-order valence-electron chi connectivity index (χ1n) is 30.3. The van der Waals surface area contributed by atoms with Crippen molar-refractivity contribution in [3.8, 4) is 0 Å². The third-order valence-electron chi connectivity index (χ3n) is 16.6. The number of ketones is 6. The number of benzene rings is 9. The molecule has 0 unspecified atom stereocenters. The van der Waals surface area contributed by atoms with Crippen LogP contribution >= 0.6 is 35.3 Å². The molecule has 0 atom stereocenters. The summed E-state index contributed by atoms with van der Waals surface area (Å²) in [5, 5.41) is 0. The molecule has 0 radical (unpaired) electrons. The lowest BCUT2D eigenvalue weighted by Gasteiger charge is -2.28. The molecule has 13 rings (SSSR count). The molecule has 9 aromatic rings. The fraction of sp³-hybridized carbons (Fsp3) is 0.195. The Morgan fingerprint density at radius 3 is 1.40 bits per heavy atom. The van der Waals surface area contributed by atoms with Crippen LogP contribution in [-0.2, 0) is 9.47 Å². The van der Waals surface area contributed by atoms with Crippen LogP contribution in [0.25, 0.3) is 0 Å². The molecule has 0 aliphatic heterocycles. The van der Waals surface area contributed by atoms with Crippen LogP contribution in [0.4, 0.5) is 0 Å². The van der Waals surface area contributed by atoms with E-state index in [0.29, 0.717) is 84.5 Å². The maximum absolute atomic E-state index is 13.2. The molecule has 1 saturated carbocycles. The van der Waals surface area contributed by atoms with Crippen molar-refractivity contribution in [3.63, 3.8) is 0 Å². The Kier molecular flexibility index (Phi) is 19.3. The van der Waals surface area contributed by atoms with Crippen LogP contribution in [-0.4, -0.2) is 59.3 Å². The Morgan fingerprint density at radius 2 is 0.889 bits per heavy atom. The summed E-state index contributed by atoms with van der Waals surface area (Å²) in [6.45, 7) is 10.2. The zero-order chi connectivity index (χ0) is 63.2. The zero-order valence-corrected chi connectivity index (χ0v) is 53.0. The number of esters is 2. The highest BCUT2D eigenvalue weighted by atomic mass is 32.2. The normalized spacial score (nSPS) is 15.1. The van der Waals surface area contributed by atoms with Gasteiger partial charge in [-0.05, 0) is 143 Å². The Hall–Kier alpha value is -9.01. The minimum absolute atomic E-state index is 0.00620. The number of fused-ring (bicyclic) bond motifs is 6. The third kappa shape index (κ3) is 13.2. The standard InChI is InChI=1S/C31H30O4S.C24H18O4S.C22H16O2S/c1-2-3-7-20-12-16-22(17-13-20)35-31(34)21-14-18-23(19-15-21)36-27-11-6-10-26-28(27)30(33)25-9-5-4-8-24(25)29(26)32;1-3-28-24(27)16-12-11-15(13-14(16)2)29-20-10-6-9-19-21(20)23(26)18-8-5-4-7-17(18)22(19)25;1-13-6-5-7-15(12-13)25-22-14(2)10-11-18-19(22)21(24)17-9-4-3-8-16(17)20(18)23/h4-6,8-11,14-15,18-20,22H,2-3,7,12-13,16-17H2,1H3;4-13H,3H2,1-2H3;3-12H,1-2H3. The molecule has 90 heavy (non-hydrogen) atoms.